The first-order valence-electron chi connectivity index (χ1n) is 6.07. The first-order chi connectivity index (χ1) is 9.22. The van der Waals surface area contributed by atoms with Crippen molar-refractivity contribution >= 4 is 11.4 Å². The molecule has 0 radical (unpaired) electrons. The topological polar surface area (TPSA) is 33.3 Å². The summed E-state index contributed by atoms with van der Waals surface area (Å²) in [5.41, 5.74) is 2.94. The molecule has 0 fully saturated rings. The summed E-state index contributed by atoms with van der Waals surface area (Å²) in [4.78, 5) is 0. The van der Waals surface area contributed by atoms with Gasteiger partial charge in [-0.1, -0.05) is 12.1 Å². The van der Waals surface area contributed by atoms with E-state index in [0.29, 0.717) is 6.54 Å². The zero-order valence-corrected chi connectivity index (χ0v) is 11.0. The number of hydrogen-bond acceptors (Lipinski definition) is 3. The van der Waals surface area contributed by atoms with Crippen molar-refractivity contribution in [1.82, 2.24) is 0 Å². The molecule has 3 nitrogen and oxygen atoms in total. The molecular weight excluding hydrogens is 243 g/mol. The second-order valence-electron chi connectivity index (χ2n) is 4.15. The van der Waals surface area contributed by atoms with Gasteiger partial charge in [0.25, 0.3) is 0 Å². The van der Waals surface area contributed by atoms with Crippen molar-refractivity contribution in [2.24, 2.45) is 0 Å². The molecule has 0 saturated heterocycles. The molecule has 0 amide bonds. The molecule has 100 valence electrons. The molecule has 0 aliphatic heterocycles. The lowest BCUT2D eigenvalue weighted by Gasteiger charge is -2.09. The van der Waals surface area contributed by atoms with Gasteiger partial charge in [0.1, 0.15) is 0 Å². The van der Waals surface area contributed by atoms with Crippen LogP contribution in [0, 0.1) is 5.82 Å². The molecule has 0 aliphatic carbocycles. The van der Waals surface area contributed by atoms with E-state index in [1.54, 1.807) is 12.1 Å². The fourth-order valence-electron chi connectivity index (χ4n) is 1.77. The smallest absolute Gasteiger partial charge is 0.167 e. The Morgan fingerprint density at radius 2 is 1.74 bits per heavy atom. The largest absolute Gasteiger partial charge is 0.494 e. The lowest BCUT2D eigenvalue weighted by Crippen LogP contribution is -2.00. The molecule has 0 aliphatic rings. The average Bonchev–Trinajstić information content (AvgIpc) is 2.46. The van der Waals surface area contributed by atoms with Crippen LogP contribution in [0.5, 0.6) is 5.75 Å². The van der Waals surface area contributed by atoms with Gasteiger partial charge < -0.3 is 15.4 Å². The predicted molar refractivity (Wildman–Crippen MR) is 76.3 cm³/mol. The summed E-state index contributed by atoms with van der Waals surface area (Å²) in [5.74, 6) is -0.109. The predicted octanol–water partition coefficient (Wildman–Crippen LogP) is 3.49. The van der Waals surface area contributed by atoms with Gasteiger partial charge in [-0.15, -0.1) is 0 Å². The molecule has 0 aromatic heterocycles. The summed E-state index contributed by atoms with van der Waals surface area (Å²) >= 11 is 0. The van der Waals surface area contributed by atoms with Crippen molar-refractivity contribution in [2.75, 3.05) is 24.8 Å². The number of hydrogen-bond donors (Lipinski definition) is 2. The van der Waals surface area contributed by atoms with Gasteiger partial charge in [0.2, 0.25) is 0 Å². The van der Waals surface area contributed by atoms with Crippen LogP contribution >= 0.6 is 0 Å². The highest BCUT2D eigenvalue weighted by Gasteiger charge is 2.03. The van der Waals surface area contributed by atoms with Crippen LogP contribution in [0.15, 0.2) is 42.5 Å². The minimum atomic E-state index is -0.363. The standard InChI is InChI=1S/C15H17FN2O/c1-17-12-5-3-11(4-6-12)10-18-13-7-8-15(19-2)14(16)9-13/h3-9,17-18H,10H2,1-2H3. The van der Waals surface area contributed by atoms with Gasteiger partial charge >= 0.3 is 0 Å². The molecule has 0 heterocycles. The number of halogens is 1. The first kappa shape index (κ1) is 13.2. The van der Waals surface area contributed by atoms with Gasteiger partial charge in [0.15, 0.2) is 11.6 Å². The Morgan fingerprint density at radius 3 is 2.32 bits per heavy atom. The maximum Gasteiger partial charge on any atom is 0.167 e. The number of nitrogens with one attached hydrogen (secondary N) is 2. The highest BCUT2D eigenvalue weighted by Crippen LogP contribution is 2.21. The van der Waals surface area contributed by atoms with E-state index in [2.05, 4.69) is 10.6 Å². The fraction of sp³-hybridized carbons (Fsp3) is 0.200. The first-order valence-corrected chi connectivity index (χ1v) is 6.07. The third kappa shape index (κ3) is 3.37. The maximum absolute atomic E-state index is 13.5. The number of methoxy groups -OCH3 is 1. The minimum Gasteiger partial charge on any atom is -0.494 e. The summed E-state index contributed by atoms with van der Waals surface area (Å²) in [6.07, 6.45) is 0. The van der Waals surface area contributed by atoms with Crippen molar-refractivity contribution in [3.63, 3.8) is 0 Å². The molecule has 0 unspecified atom stereocenters. The van der Waals surface area contributed by atoms with E-state index >= 15 is 0 Å². The molecule has 2 aromatic carbocycles. The van der Waals surface area contributed by atoms with Crippen LogP contribution in [0.3, 0.4) is 0 Å². The molecule has 2 aromatic rings. The maximum atomic E-state index is 13.5. The van der Waals surface area contributed by atoms with Crippen molar-refractivity contribution < 1.29 is 9.13 Å². The van der Waals surface area contributed by atoms with Crippen LogP contribution in [0.1, 0.15) is 5.56 Å². The van der Waals surface area contributed by atoms with E-state index in [0.717, 1.165) is 16.9 Å². The Bertz CT molecular complexity index is 540. The van der Waals surface area contributed by atoms with E-state index in [4.69, 9.17) is 4.74 Å². The summed E-state index contributed by atoms with van der Waals surface area (Å²) in [7, 11) is 3.34. The van der Waals surface area contributed by atoms with E-state index < -0.39 is 0 Å². The Labute approximate surface area is 112 Å². The lowest BCUT2D eigenvalue weighted by molar-refractivity contribution is 0.386. The van der Waals surface area contributed by atoms with Gasteiger partial charge in [-0.3, -0.25) is 0 Å². The van der Waals surface area contributed by atoms with Crippen LogP contribution in [-0.4, -0.2) is 14.2 Å². The normalized spacial score (nSPS) is 10.1. The van der Waals surface area contributed by atoms with Crippen molar-refractivity contribution in [2.45, 2.75) is 6.54 Å². The summed E-state index contributed by atoms with van der Waals surface area (Å²) in [6.45, 7) is 0.649. The quantitative estimate of drug-likeness (QED) is 0.863. The van der Waals surface area contributed by atoms with Crippen molar-refractivity contribution in [1.29, 1.82) is 0 Å². The molecule has 2 N–H and O–H groups in total. The molecule has 4 heteroatoms. The second kappa shape index (κ2) is 6.09. The van der Waals surface area contributed by atoms with Crippen LogP contribution in [-0.2, 0) is 6.54 Å². The third-order valence-electron chi connectivity index (χ3n) is 2.89. The Hall–Kier alpha value is -2.23. The molecule has 0 saturated carbocycles. The summed E-state index contributed by atoms with van der Waals surface area (Å²) < 4.78 is 18.4. The van der Waals surface area contributed by atoms with Crippen LogP contribution < -0.4 is 15.4 Å². The number of benzene rings is 2. The number of anilines is 2. The SMILES string of the molecule is CNc1ccc(CNc2ccc(OC)c(F)c2)cc1. The Kier molecular flexibility index (Phi) is 4.23. The average molecular weight is 260 g/mol. The molecular formula is C15H17FN2O. The van der Waals surface area contributed by atoms with E-state index in [1.807, 2.05) is 31.3 Å². The number of rotatable bonds is 5. The van der Waals surface area contributed by atoms with Crippen molar-refractivity contribution in [3.05, 3.63) is 53.8 Å². The molecule has 0 bridgehead atoms. The van der Waals surface area contributed by atoms with Gasteiger partial charge in [-0.25, -0.2) is 4.39 Å². The van der Waals surface area contributed by atoms with E-state index in [-0.39, 0.29) is 11.6 Å². The zero-order chi connectivity index (χ0) is 13.7. The van der Waals surface area contributed by atoms with Crippen LogP contribution in [0.2, 0.25) is 0 Å². The van der Waals surface area contributed by atoms with Crippen LogP contribution in [0.25, 0.3) is 0 Å². The number of ether oxygens (including phenoxy) is 1. The monoisotopic (exact) mass is 260 g/mol. The van der Waals surface area contributed by atoms with E-state index in [9.17, 15) is 4.39 Å². The zero-order valence-electron chi connectivity index (χ0n) is 11.0. The Balaban J connectivity index is 1.99. The molecule has 2 rings (SSSR count). The summed E-state index contributed by atoms with van der Waals surface area (Å²) in [6, 6.07) is 12.9. The summed E-state index contributed by atoms with van der Waals surface area (Å²) in [5, 5.41) is 6.24. The van der Waals surface area contributed by atoms with Gasteiger partial charge in [0, 0.05) is 31.0 Å². The minimum absolute atomic E-state index is 0.254. The van der Waals surface area contributed by atoms with Gasteiger partial charge in [-0.2, -0.15) is 0 Å². The second-order valence-corrected chi connectivity index (χ2v) is 4.15. The fourth-order valence-corrected chi connectivity index (χ4v) is 1.77. The van der Waals surface area contributed by atoms with E-state index in [1.165, 1.54) is 13.2 Å². The van der Waals surface area contributed by atoms with Gasteiger partial charge in [-0.05, 0) is 29.8 Å². The molecule has 19 heavy (non-hydrogen) atoms. The molecule has 0 atom stereocenters. The highest BCUT2D eigenvalue weighted by molar-refractivity contribution is 5.49. The highest BCUT2D eigenvalue weighted by atomic mass is 19.1. The third-order valence-corrected chi connectivity index (χ3v) is 2.89. The Morgan fingerprint density at radius 1 is 1.05 bits per heavy atom. The van der Waals surface area contributed by atoms with Crippen molar-refractivity contribution in [3.8, 4) is 5.75 Å². The van der Waals surface area contributed by atoms with Gasteiger partial charge in [0.05, 0.1) is 7.11 Å². The molecule has 0 spiro atoms. The van der Waals surface area contributed by atoms with Crippen LogP contribution in [0.4, 0.5) is 15.8 Å². The lowest BCUT2D eigenvalue weighted by atomic mass is 10.2.